The van der Waals surface area contributed by atoms with Crippen molar-refractivity contribution >= 4 is 17.3 Å². The maximum absolute atomic E-state index is 11.6. The van der Waals surface area contributed by atoms with Gasteiger partial charge in [-0.2, -0.15) is 0 Å². The van der Waals surface area contributed by atoms with E-state index in [4.69, 9.17) is 4.74 Å². The van der Waals surface area contributed by atoms with Crippen molar-refractivity contribution in [1.29, 1.82) is 0 Å². The SMILES string of the molecule is CC1Oc2cccc([N+](=O)[O-])c2N(C)C1=O. The average molecular weight is 222 g/mol. The number of para-hydroxylation sites is 1. The van der Waals surface area contributed by atoms with Gasteiger partial charge in [0.05, 0.1) is 4.92 Å². The van der Waals surface area contributed by atoms with Crippen LogP contribution in [0.25, 0.3) is 0 Å². The summed E-state index contributed by atoms with van der Waals surface area (Å²) in [6.07, 6.45) is -0.612. The monoisotopic (exact) mass is 222 g/mol. The van der Waals surface area contributed by atoms with Gasteiger partial charge in [-0.25, -0.2) is 0 Å². The minimum Gasteiger partial charge on any atom is -0.478 e. The van der Waals surface area contributed by atoms with Crippen LogP contribution in [-0.4, -0.2) is 24.0 Å². The van der Waals surface area contributed by atoms with E-state index in [1.807, 2.05) is 0 Å². The molecule has 0 spiro atoms. The van der Waals surface area contributed by atoms with Gasteiger partial charge < -0.3 is 9.64 Å². The molecule has 0 aromatic heterocycles. The molecular formula is C10H10N2O4. The molecule has 0 fully saturated rings. The summed E-state index contributed by atoms with van der Waals surface area (Å²) in [4.78, 5) is 23.2. The first-order chi connectivity index (χ1) is 7.52. The van der Waals surface area contributed by atoms with E-state index < -0.39 is 11.0 Å². The fraction of sp³-hybridized carbons (Fsp3) is 0.300. The van der Waals surface area contributed by atoms with Crippen molar-refractivity contribution in [2.75, 3.05) is 11.9 Å². The van der Waals surface area contributed by atoms with Gasteiger partial charge in [0, 0.05) is 13.1 Å². The molecule has 1 unspecified atom stereocenters. The number of carbonyl (C=O) groups is 1. The Morgan fingerprint density at radius 3 is 2.81 bits per heavy atom. The summed E-state index contributed by atoms with van der Waals surface area (Å²) in [7, 11) is 1.51. The van der Waals surface area contributed by atoms with Gasteiger partial charge in [-0.3, -0.25) is 14.9 Å². The van der Waals surface area contributed by atoms with E-state index >= 15 is 0 Å². The highest BCUT2D eigenvalue weighted by atomic mass is 16.6. The van der Waals surface area contributed by atoms with Crippen molar-refractivity contribution in [1.82, 2.24) is 0 Å². The molecule has 1 aromatic rings. The summed E-state index contributed by atoms with van der Waals surface area (Å²) in [5.41, 5.74) is 0.0934. The Bertz CT molecular complexity index is 472. The van der Waals surface area contributed by atoms with Gasteiger partial charge >= 0.3 is 0 Å². The molecule has 0 saturated heterocycles. The number of nitro benzene ring substituents is 1. The van der Waals surface area contributed by atoms with Gasteiger partial charge in [0.1, 0.15) is 0 Å². The van der Waals surface area contributed by atoms with E-state index in [1.165, 1.54) is 24.1 Å². The second-order valence-corrected chi connectivity index (χ2v) is 3.54. The Balaban J connectivity index is 2.62. The number of likely N-dealkylation sites (N-methyl/N-ethyl adjacent to an activating group) is 1. The summed E-state index contributed by atoms with van der Waals surface area (Å²) in [5.74, 6) is 0.0746. The molecule has 0 N–H and O–H groups in total. The van der Waals surface area contributed by atoms with Crippen LogP contribution in [0.5, 0.6) is 5.75 Å². The lowest BCUT2D eigenvalue weighted by Crippen LogP contribution is -2.42. The van der Waals surface area contributed by atoms with Gasteiger partial charge in [0.25, 0.3) is 11.6 Å². The lowest BCUT2D eigenvalue weighted by Gasteiger charge is -2.29. The molecule has 1 atom stereocenters. The third kappa shape index (κ3) is 1.39. The van der Waals surface area contributed by atoms with Crippen LogP contribution < -0.4 is 9.64 Å². The lowest BCUT2D eigenvalue weighted by atomic mass is 10.1. The number of carbonyl (C=O) groups excluding carboxylic acids is 1. The Morgan fingerprint density at radius 1 is 1.50 bits per heavy atom. The predicted molar refractivity (Wildman–Crippen MR) is 56.6 cm³/mol. The van der Waals surface area contributed by atoms with Crippen LogP contribution in [-0.2, 0) is 4.79 Å². The highest BCUT2D eigenvalue weighted by molar-refractivity contribution is 6.01. The minimum atomic E-state index is -0.612. The summed E-state index contributed by atoms with van der Waals surface area (Å²) >= 11 is 0. The van der Waals surface area contributed by atoms with Crippen LogP contribution >= 0.6 is 0 Å². The first-order valence-electron chi connectivity index (χ1n) is 4.74. The number of hydrogen-bond acceptors (Lipinski definition) is 4. The number of ether oxygens (including phenoxy) is 1. The summed E-state index contributed by atoms with van der Waals surface area (Å²) < 4.78 is 5.31. The van der Waals surface area contributed by atoms with Crippen LogP contribution in [0.2, 0.25) is 0 Å². The molecule has 6 nitrogen and oxygen atoms in total. The number of rotatable bonds is 1. The first-order valence-corrected chi connectivity index (χ1v) is 4.74. The predicted octanol–water partition coefficient (Wildman–Crippen LogP) is 1.34. The van der Waals surface area contributed by atoms with E-state index in [1.54, 1.807) is 13.0 Å². The van der Waals surface area contributed by atoms with Crippen LogP contribution in [0.15, 0.2) is 18.2 Å². The molecule has 0 aliphatic carbocycles. The molecule has 1 aliphatic rings. The minimum absolute atomic E-state index is 0.125. The zero-order chi connectivity index (χ0) is 11.9. The quantitative estimate of drug-likeness (QED) is 0.531. The highest BCUT2D eigenvalue weighted by Crippen LogP contribution is 2.40. The number of nitrogens with zero attached hydrogens (tertiary/aromatic N) is 2. The number of hydrogen-bond donors (Lipinski definition) is 0. The van der Waals surface area contributed by atoms with Gasteiger partial charge in [-0.05, 0) is 13.0 Å². The molecule has 2 rings (SSSR count). The molecule has 16 heavy (non-hydrogen) atoms. The zero-order valence-corrected chi connectivity index (χ0v) is 8.84. The van der Waals surface area contributed by atoms with Gasteiger partial charge in [0.2, 0.25) is 0 Å². The standard InChI is InChI=1S/C10H10N2O4/c1-6-10(13)11(2)9-7(12(14)15)4-3-5-8(9)16-6/h3-6H,1-2H3. The fourth-order valence-electron chi connectivity index (χ4n) is 1.71. The van der Waals surface area contributed by atoms with E-state index in [9.17, 15) is 14.9 Å². The van der Waals surface area contributed by atoms with Crippen molar-refractivity contribution < 1.29 is 14.5 Å². The molecule has 0 bridgehead atoms. The Hall–Kier alpha value is -2.11. The average Bonchev–Trinajstić information content (AvgIpc) is 2.25. The Morgan fingerprint density at radius 2 is 2.19 bits per heavy atom. The third-order valence-electron chi connectivity index (χ3n) is 2.49. The second-order valence-electron chi connectivity index (χ2n) is 3.54. The van der Waals surface area contributed by atoms with Crippen LogP contribution in [0.4, 0.5) is 11.4 Å². The van der Waals surface area contributed by atoms with Crippen LogP contribution in [0.1, 0.15) is 6.92 Å². The summed E-state index contributed by atoms with van der Waals surface area (Å²) in [6, 6.07) is 4.50. The molecular weight excluding hydrogens is 212 g/mol. The van der Waals surface area contributed by atoms with Crippen molar-refractivity contribution in [3.8, 4) is 5.75 Å². The molecule has 0 saturated carbocycles. The highest BCUT2D eigenvalue weighted by Gasteiger charge is 2.34. The molecule has 1 aromatic carbocycles. The first kappa shape index (κ1) is 10.4. The maximum Gasteiger partial charge on any atom is 0.296 e. The molecule has 84 valence electrons. The van der Waals surface area contributed by atoms with E-state index in [0.29, 0.717) is 5.75 Å². The van der Waals surface area contributed by atoms with Crippen LogP contribution in [0, 0.1) is 10.1 Å². The number of benzene rings is 1. The number of nitro groups is 1. The number of amides is 1. The van der Waals surface area contributed by atoms with Gasteiger partial charge in [-0.15, -0.1) is 0 Å². The fourth-order valence-corrected chi connectivity index (χ4v) is 1.71. The smallest absolute Gasteiger partial charge is 0.296 e. The van der Waals surface area contributed by atoms with Crippen molar-refractivity contribution in [2.24, 2.45) is 0 Å². The summed E-state index contributed by atoms with van der Waals surface area (Å²) in [5, 5.41) is 10.8. The molecule has 6 heteroatoms. The normalized spacial score (nSPS) is 19.0. The molecule has 1 aliphatic heterocycles. The van der Waals surface area contributed by atoms with E-state index in [-0.39, 0.29) is 17.3 Å². The third-order valence-corrected chi connectivity index (χ3v) is 2.49. The van der Waals surface area contributed by atoms with E-state index in [0.717, 1.165) is 0 Å². The second kappa shape index (κ2) is 3.48. The number of fused-ring (bicyclic) bond motifs is 1. The van der Waals surface area contributed by atoms with Crippen molar-refractivity contribution in [2.45, 2.75) is 13.0 Å². The zero-order valence-electron chi connectivity index (χ0n) is 8.84. The Labute approximate surface area is 91.6 Å². The summed E-state index contributed by atoms with van der Waals surface area (Å²) in [6.45, 7) is 1.61. The van der Waals surface area contributed by atoms with Gasteiger partial charge in [0.15, 0.2) is 17.5 Å². The van der Waals surface area contributed by atoms with Crippen molar-refractivity contribution in [3.05, 3.63) is 28.3 Å². The molecule has 0 radical (unpaired) electrons. The van der Waals surface area contributed by atoms with E-state index in [2.05, 4.69) is 0 Å². The molecule has 1 heterocycles. The number of anilines is 1. The lowest BCUT2D eigenvalue weighted by molar-refractivity contribution is -0.384. The maximum atomic E-state index is 11.6. The topological polar surface area (TPSA) is 72.7 Å². The van der Waals surface area contributed by atoms with Crippen molar-refractivity contribution in [3.63, 3.8) is 0 Å². The molecule has 1 amide bonds. The Kier molecular flexibility index (Phi) is 2.26. The largest absolute Gasteiger partial charge is 0.478 e. The van der Waals surface area contributed by atoms with Gasteiger partial charge in [-0.1, -0.05) is 6.07 Å². The van der Waals surface area contributed by atoms with Crippen LogP contribution in [0.3, 0.4) is 0 Å².